The number of carbonyl (C=O) groups is 1. The summed E-state index contributed by atoms with van der Waals surface area (Å²) in [5.41, 5.74) is 2.75. The summed E-state index contributed by atoms with van der Waals surface area (Å²) in [5.74, 6) is 1.55. The molecule has 1 saturated heterocycles. The molecular formula is C24H28N4O2. The zero-order chi connectivity index (χ0) is 20.9. The van der Waals surface area contributed by atoms with Crippen molar-refractivity contribution in [1.82, 2.24) is 20.4 Å². The van der Waals surface area contributed by atoms with Crippen molar-refractivity contribution in [3.63, 3.8) is 0 Å². The van der Waals surface area contributed by atoms with E-state index in [-0.39, 0.29) is 5.91 Å². The molecule has 0 radical (unpaired) electrons. The van der Waals surface area contributed by atoms with E-state index >= 15 is 0 Å². The van der Waals surface area contributed by atoms with E-state index in [1.807, 2.05) is 18.2 Å². The molecule has 2 heterocycles. The number of hydrogen-bond acceptors (Lipinski definition) is 5. The van der Waals surface area contributed by atoms with Gasteiger partial charge < -0.3 is 9.84 Å². The number of rotatable bonds is 7. The summed E-state index contributed by atoms with van der Waals surface area (Å²) in [6.07, 6.45) is 2.17. The van der Waals surface area contributed by atoms with E-state index < -0.39 is 0 Å². The third-order valence-electron chi connectivity index (χ3n) is 5.77. The molecule has 6 nitrogen and oxygen atoms in total. The van der Waals surface area contributed by atoms with Gasteiger partial charge >= 0.3 is 0 Å². The Kier molecular flexibility index (Phi) is 6.23. The predicted octanol–water partition coefficient (Wildman–Crippen LogP) is 4.08. The molecular weight excluding hydrogens is 376 g/mol. The number of aryl methyl sites for hydroxylation is 1. The molecule has 1 N–H and O–H groups in total. The number of aromatic nitrogens is 2. The quantitative estimate of drug-likeness (QED) is 0.643. The number of likely N-dealkylation sites (tertiary alicyclic amines) is 1. The molecule has 156 valence electrons. The van der Waals surface area contributed by atoms with Crippen LogP contribution in [0.4, 0.5) is 0 Å². The van der Waals surface area contributed by atoms with E-state index in [1.54, 1.807) is 13.0 Å². The minimum Gasteiger partial charge on any atom is -0.352 e. The third kappa shape index (κ3) is 4.94. The van der Waals surface area contributed by atoms with Gasteiger partial charge in [-0.05, 0) is 43.4 Å². The van der Waals surface area contributed by atoms with E-state index in [0.717, 1.165) is 25.1 Å². The lowest BCUT2D eigenvalue weighted by molar-refractivity contribution is 0.0951. The van der Waals surface area contributed by atoms with E-state index in [0.29, 0.717) is 35.8 Å². The third-order valence-corrected chi connectivity index (χ3v) is 5.77. The Morgan fingerprint density at radius 3 is 2.80 bits per heavy atom. The first kappa shape index (κ1) is 20.3. The van der Waals surface area contributed by atoms with Crippen LogP contribution in [-0.4, -0.2) is 40.1 Å². The number of hydrogen-bond donors (Lipinski definition) is 1. The Hall–Kier alpha value is -2.99. The minimum atomic E-state index is -0.0655. The molecule has 0 saturated carbocycles. The lowest BCUT2D eigenvalue weighted by atomic mass is 10.0. The van der Waals surface area contributed by atoms with Crippen LogP contribution in [0.5, 0.6) is 0 Å². The van der Waals surface area contributed by atoms with Crippen molar-refractivity contribution < 1.29 is 9.32 Å². The molecule has 2 aromatic carbocycles. The molecule has 1 aliphatic rings. The number of benzene rings is 2. The van der Waals surface area contributed by atoms with Crippen molar-refractivity contribution >= 4 is 5.91 Å². The fourth-order valence-corrected chi connectivity index (χ4v) is 4.17. The van der Waals surface area contributed by atoms with Gasteiger partial charge in [-0.1, -0.05) is 47.6 Å². The highest BCUT2D eigenvalue weighted by Gasteiger charge is 2.28. The molecule has 1 aromatic heterocycles. The van der Waals surface area contributed by atoms with Crippen molar-refractivity contribution in [2.45, 2.75) is 39.3 Å². The predicted molar refractivity (Wildman–Crippen MR) is 116 cm³/mol. The fourth-order valence-electron chi connectivity index (χ4n) is 4.17. The van der Waals surface area contributed by atoms with E-state index in [1.165, 1.54) is 12.0 Å². The molecule has 1 aliphatic heterocycles. The van der Waals surface area contributed by atoms with Crippen LogP contribution < -0.4 is 5.32 Å². The standard InChI is InChI=1S/C24H28N4O2/c1-17-13-20(16-28(17)15-19-7-4-3-5-8-19)11-12-25-24(29)22-10-6-9-21(14-22)23-26-18(2)30-27-23/h3-10,14,17,20H,11-13,15-16H2,1-2H3,(H,25,29)/t17-,20-/m1/s1. The fraction of sp³-hybridized carbons (Fsp3) is 0.375. The van der Waals surface area contributed by atoms with Crippen LogP contribution in [-0.2, 0) is 6.54 Å². The van der Waals surface area contributed by atoms with Gasteiger partial charge in [0.2, 0.25) is 11.7 Å². The highest BCUT2D eigenvalue weighted by Crippen LogP contribution is 2.27. The molecule has 1 amide bonds. The van der Waals surface area contributed by atoms with Gasteiger partial charge in [0, 0.05) is 43.7 Å². The van der Waals surface area contributed by atoms with Crippen LogP contribution >= 0.6 is 0 Å². The number of nitrogens with zero attached hydrogens (tertiary/aromatic N) is 3. The molecule has 6 heteroatoms. The van der Waals surface area contributed by atoms with Crippen molar-refractivity contribution in [1.29, 1.82) is 0 Å². The van der Waals surface area contributed by atoms with Gasteiger partial charge in [-0.25, -0.2) is 0 Å². The normalized spacial score (nSPS) is 19.1. The second-order valence-electron chi connectivity index (χ2n) is 8.13. The van der Waals surface area contributed by atoms with E-state index in [2.05, 4.69) is 57.6 Å². The highest BCUT2D eigenvalue weighted by atomic mass is 16.5. The van der Waals surface area contributed by atoms with Gasteiger partial charge in [-0.3, -0.25) is 9.69 Å². The maximum Gasteiger partial charge on any atom is 0.251 e. The van der Waals surface area contributed by atoms with Crippen LogP contribution in [0.3, 0.4) is 0 Å². The molecule has 3 aromatic rings. The Labute approximate surface area is 177 Å². The van der Waals surface area contributed by atoms with Crippen LogP contribution in [0.15, 0.2) is 59.1 Å². The summed E-state index contributed by atoms with van der Waals surface area (Å²) >= 11 is 0. The first-order valence-corrected chi connectivity index (χ1v) is 10.6. The van der Waals surface area contributed by atoms with Crippen LogP contribution in [0.25, 0.3) is 11.4 Å². The second-order valence-corrected chi connectivity index (χ2v) is 8.13. The van der Waals surface area contributed by atoms with Crippen LogP contribution in [0.1, 0.15) is 41.6 Å². The summed E-state index contributed by atoms with van der Waals surface area (Å²) in [4.78, 5) is 19.4. The average Bonchev–Trinajstić information content (AvgIpc) is 3.34. The molecule has 0 unspecified atom stereocenters. The second kappa shape index (κ2) is 9.22. The van der Waals surface area contributed by atoms with Gasteiger partial charge in [-0.2, -0.15) is 4.98 Å². The SMILES string of the molecule is Cc1nc(-c2cccc(C(=O)NCC[C@@H]3C[C@@H](C)N(Cc4ccccc4)C3)c2)no1. The van der Waals surface area contributed by atoms with Gasteiger partial charge in [0.05, 0.1) is 0 Å². The molecule has 0 bridgehead atoms. The Morgan fingerprint density at radius 1 is 1.20 bits per heavy atom. The zero-order valence-corrected chi connectivity index (χ0v) is 17.5. The molecule has 0 spiro atoms. The van der Waals surface area contributed by atoms with Gasteiger partial charge in [0.15, 0.2) is 0 Å². The maximum absolute atomic E-state index is 12.6. The Bertz CT molecular complexity index is 986. The summed E-state index contributed by atoms with van der Waals surface area (Å²) in [6.45, 7) is 6.80. The van der Waals surface area contributed by atoms with Crippen molar-refractivity contribution in [3.8, 4) is 11.4 Å². The maximum atomic E-state index is 12.6. The molecule has 0 aliphatic carbocycles. The lowest BCUT2D eigenvalue weighted by Crippen LogP contribution is -2.28. The number of amides is 1. The van der Waals surface area contributed by atoms with Crippen molar-refractivity contribution in [2.24, 2.45) is 5.92 Å². The lowest BCUT2D eigenvalue weighted by Gasteiger charge is -2.21. The summed E-state index contributed by atoms with van der Waals surface area (Å²) in [6, 6.07) is 18.5. The zero-order valence-electron chi connectivity index (χ0n) is 17.5. The van der Waals surface area contributed by atoms with Gasteiger partial charge in [0.1, 0.15) is 0 Å². The van der Waals surface area contributed by atoms with Crippen molar-refractivity contribution in [2.75, 3.05) is 13.1 Å². The number of nitrogens with one attached hydrogen (secondary N) is 1. The topological polar surface area (TPSA) is 71.3 Å². The minimum absolute atomic E-state index is 0.0655. The summed E-state index contributed by atoms with van der Waals surface area (Å²) in [7, 11) is 0. The monoisotopic (exact) mass is 404 g/mol. The summed E-state index contributed by atoms with van der Waals surface area (Å²) in [5, 5.41) is 6.99. The summed E-state index contributed by atoms with van der Waals surface area (Å²) < 4.78 is 5.03. The Balaban J connectivity index is 1.27. The molecule has 4 rings (SSSR count). The largest absolute Gasteiger partial charge is 0.352 e. The Morgan fingerprint density at radius 2 is 2.03 bits per heavy atom. The smallest absolute Gasteiger partial charge is 0.251 e. The van der Waals surface area contributed by atoms with Crippen LogP contribution in [0, 0.1) is 12.8 Å². The molecule has 30 heavy (non-hydrogen) atoms. The first-order valence-electron chi connectivity index (χ1n) is 10.6. The number of carbonyl (C=O) groups excluding carboxylic acids is 1. The molecule has 2 atom stereocenters. The van der Waals surface area contributed by atoms with E-state index in [4.69, 9.17) is 4.52 Å². The van der Waals surface area contributed by atoms with Gasteiger partial charge in [-0.15, -0.1) is 0 Å². The van der Waals surface area contributed by atoms with E-state index in [9.17, 15) is 4.79 Å². The highest BCUT2D eigenvalue weighted by molar-refractivity contribution is 5.95. The average molecular weight is 405 g/mol. The van der Waals surface area contributed by atoms with Gasteiger partial charge in [0.25, 0.3) is 5.91 Å². The molecule has 1 fully saturated rings. The van der Waals surface area contributed by atoms with Crippen LogP contribution in [0.2, 0.25) is 0 Å². The first-order chi connectivity index (χ1) is 14.6. The van der Waals surface area contributed by atoms with Crippen molar-refractivity contribution in [3.05, 3.63) is 71.6 Å².